The lowest BCUT2D eigenvalue weighted by Crippen LogP contribution is -2.59. The molecular formula is C38H48F2N4O4. The van der Waals surface area contributed by atoms with Crippen molar-refractivity contribution in [2.24, 2.45) is 5.92 Å². The molecule has 48 heavy (non-hydrogen) atoms. The van der Waals surface area contributed by atoms with Crippen molar-refractivity contribution in [1.82, 2.24) is 20.9 Å². The maximum Gasteiger partial charge on any atom is 0.249 e. The van der Waals surface area contributed by atoms with Gasteiger partial charge in [-0.1, -0.05) is 80.6 Å². The Morgan fingerprint density at radius 3 is 2.23 bits per heavy atom. The SMILES string of the molecule is CC(=O)N[C@]1(CC(C)C)CCN(C(CCc2ccccc2)C(=O)N[C@@H](Cc2ccccc2)[C@H](O)CNCc2cc(F)cc(CF)c2)C1=O. The van der Waals surface area contributed by atoms with E-state index < -0.39 is 36.2 Å². The van der Waals surface area contributed by atoms with Crippen molar-refractivity contribution in [2.75, 3.05) is 13.1 Å². The van der Waals surface area contributed by atoms with E-state index in [1.807, 2.05) is 74.5 Å². The Hall–Kier alpha value is -4.15. The van der Waals surface area contributed by atoms with Gasteiger partial charge in [0.2, 0.25) is 17.7 Å². The van der Waals surface area contributed by atoms with Gasteiger partial charge in [0.05, 0.1) is 12.1 Å². The molecule has 0 bridgehead atoms. The van der Waals surface area contributed by atoms with Crippen molar-refractivity contribution < 1.29 is 28.3 Å². The lowest BCUT2D eigenvalue weighted by Gasteiger charge is -2.34. The summed E-state index contributed by atoms with van der Waals surface area (Å²) in [6, 6.07) is 21.7. The second kappa shape index (κ2) is 17.3. The minimum atomic E-state index is -1.09. The van der Waals surface area contributed by atoms with Gasteiger partial charge in [0.25, 0.3) is 0 Å². The molecule has 1 heterocycles. The number of alkyl halides is 1. The summed E-state index contributed by atoms with van der Waals surface area (Å²) in [5.74, 6) is -1.37. The monoisotopic (exact) mass is 662 g/mol. The van der Waals surface area contributed by atoms with E-state index in [4.69, 9.17) is 0 Å². The normalized spacial score (nSPS) is 18.1. The van der Waals surface area contributed by atoms with Gasteiger partial charge in [-0.2, -0.15) is 0 Å². The van der Waals surface area contributed by atoms with Gasteiger partial charge in [-0.25, -0.2) is 8.78 Å². The van der Waals surface area contributed by atoms with Gasteiger partial charge in [-0.15, -0.1) is 0 Å². The number of likely N-dealkylation sites (tertiary alicyclic amines) is 1. The fourth-order valence-corrected chi connectivity index (χ4v) is 6.69. The molecule has 4 rings (SSSR count). The lowest BCUT2D eigenvalue weighted by molar-refractivity contribution is -0.143. The molecule has 4 N–H and O–H groups in total. The molecule has 0 aliphatic carbocycles. The Balaban J connectivity index is 1.56. The Morgan fingerprint density at radius 1 is 0.958 bits per heavy atom. The van der Waals surface area contributed by atoms with E-state index >= 15 is 0 Å². The number of rotatable bonds is 17. The molecule has 1 saturated heterocycles. The third-order valence-corrected chi connectivity index (χ3v) is 8.79. The fraction of sp³-hybridized carbons (Fsp3) is 0.447. The van der Waals surface area contributed by atoms with Crippen LogP contribution in [0.15, 0.2) is 78.9 Å². The zero-order valence-electron chi connectivity index (χ0n) is 28.1. The summed E-state index contributed by atoms with van der Waals surface area (Å²) in [5, 5.41) is 20.5. The summed E-state index contributed by atoms with van der Waals surface area (Å²) in [7, 11) is 0. The van der Waals surface area contributed by atoms with Crippen LogP contribution in [0.5, 0.6) is 0 Å². The molecule has 258 valence electrons. The number of carbonyl (C=O) groups excluding carboxylic acids is 3. The molecule has 4 atom stereocenters. The number of carbonyl (C=O) groups is 3. The highest BCUT2D eigenvalue weighted by atomic mass is 19.1. The van der Waals surface area contributed by atoms with Gasteiger partial charge in [-0.3, -0.25) is 14.4 Å². The summed E-state index contributed by atoms with van der Waals surface area (Å²) in [6.07, 6.45) is 1.01. The van der Waals surface area contributed by atoms with Crippen molar-refractivity contribution in [2.45, 2.75) is 89.8 Å². The van der Waals surface area contributed by atoms with Crippen LogP contribution in [0.4, 0.5) is 8.78 Å². The van der Waals surface area contributed by atoms with Crippen molar-refractivity contribution in [3.05, 3.63) is 107 Å². The Bertz CT molecular complexity index is 1510. The van der Waals surface area contributed by atoms with Crippen LogP contribution in [0, 0.1) is 11.7 Å². The molecule has 3 aromatic rings. The zero-order chi connectivity index (χ0) is 34.7. The number of aliphatic hydroxyl groups is 1. The summed E-state index contributed by atoms with van der Waals surface area (Å²) in [6.45, 7) is 5.17. The number of aliphatic hydroxyl groups excluding tert-OH is 1. The lowest BCUT2D eigenvalue weighted by atomic mass is 9.87. The van der Waals surface area contributed by atoms with Crippen LogP contribution < -0.4 is 16.0 Å². The molecule has 0 aromatic heterocycles. The first-order valence-corrected chi connectivity index (χ1v) is 16.7. The maximum absolute atomic E-state index is 14.3. The van der Waals surface area contributed by atoms with E-state index in [9.17, 15) is 28.3 Å². The number of halogens is 2. The predicted molar refractivity (Wildman–Crippen MR) is 182 cm³/mol. The second-order valence-electron chi connectivity index (χ2n) is 13.3. The molecule has 1 aliphatic heterocycles. The number of hydrogen-bond donors (Lipinski definition) is 4. The van der Waals surface area contributed by atoms with Crippen LogP contribution in [-0.2, 0) is 40.4 Å². The second-order valence-corrected chi connectivity index (χ2v) is 13.3. The molecule has 1 fully saturated rings. The van der Waals surface area contributed by atoms with Gasteiger partial charge >= 0.3 is 0 Å². The average Bonchev–Trinajstić information content (AvgIpc) is 3.34. The highest BCUT2D eigenvalue weighted by Crippen LogP contribution is 2.32. The molecular weight excluding hydrogens is 614 g/mol. The van der Waals surface area contributed by atoms with Crippen molar-refractivity contribution in [3.63, 3.8) is 0 Å². The van der Waals surface area contributed by atoms with Crippen LogP contribution >= 0.6 is 0 Å². The van der Waals surface area contributed by atoms with E-state index in [0.717, 1.165) is 17.2 Å². The summed E-state index contributed by atoms with van der Waals surface area (Å²) in [5.41, 5.74) is 1.61. The number of benzene rings is 3. The molecule has 0 radical (unpaired) electrons. The highest BCUT2D eigenvalue weighted by Gasteiger charge is 2.50. The third kappa shape index (κ3) is 10.2. The van der Waals surface area contributed by atoms with Crippen molar-refractivity contribution in [3.8, 4) is 0 Å². The number of nitrogens with one attached hydrogen (secondary N) is 3. The topological polar surface area (TPSA) is 111 Å². The molecule has 1 unspecified atom stereocenters. The third-order valence-electron chi connectivity index (χ3n) is 8.79. The van der Waals surface area contributed by atoms with Gasteiger partial charge < -0.3 is 26.0 Å². The molecule has 0 saturated carbocycles. The number of amides is 3. The molecule has 3 aromatic carbocycles. The van der Waals surface area contributed by atoms with Crippen LogP contribution in [0.25, 0.3) is 0 Å². The quantitative estimate of drug-likeness (QED) is 0.169. The fourth-order valence-electron chi connectivity index (χ4n) is 6.69. The van der Waals surface area contributed by atoms with Gasteiger partial charge in [-0.05, 0) is 72.4 Å². The average molecular weight is 663 g/mol. The van der Waals surface area contributed by atoms with E-state index in [0.29, 0.717) is 44.2 Å². The van der Waals surface area contributed by atoms with E-state index in [-0.39, 0.29) is 42.3 Å². The first kappa shape index (κ1) is 36.7. The zero-order valence-corrected chi connectivity index (χ0v) is 28.1. The Kier molecular flexibility index (Phi) is 13.2. The first-order valence-electron chi connectivity index (χ1n) is 16.7. The number of hydrogen-bond acceptors (Lipinski definition) is 5. The Labute approximate surface area is 282 Å². The largest absolute Gasteiger partial charge is 0.390 e. The molecule has 3 amide bonds. The predicted octanol–water partition coefficient (Wildman–Crippen LogP) is 4.63. The highest BCUT2D eigenvalue weighted by molar-refractivity contribution is 5.96. The smallest absolute Gasteiger partial charge is 0.249 e. The van der Waals surface area contributed by atoms with Gasteiger partial charge in [0.15, 0.2) is 0 Å². The van der Waals surface area contributed by atoms with Crippen LogP contribution in [0.2, 0.25) is 0 Å². The van der Waals surface area contributed by atoms with Crippen molar-refractivity contribution in [1.29, 1.82) is 0 Å². The van der Waals surface area contributed by atoms with Crippen LogP contribution in [0.3, 0.4) is 0 Å². The molecule has 8 nitrogen and oxygen atoms in total. The Morgan fingerprint density at radius 2 is 1.60 bits per heavy atom. The van der Waals surface area contributed by atoms with Crippen LogP contribution in [-0.4, -0.2) is 64.5 Å². The minimum Gasteiger partial charge on any atom is -0.390 e. The number of nitrogens with zero attached hydrogens (tertiary/aromatic N) is 1. The molecule has 0 spiro atoms. The molecule has 1 aliphatic rings. The number of aryl methyl sites for hydroxylation is 1. The van der Waals surface area contributed by atoms with Gasteiger partial charge in [0, 0.05) is 26.6 Å². The summed E-state index contributed by atoms with van der Waals surface area (Å²) < 4.78 is 27.1. The van der Waals surface area contributed by atoms with Gasteiger partial charge in [0.1, 0.15) is 24.1 Å². The maximum atomic E-state index is 14.3. The summed E-state index contributed by atoms with van der Waals surface area (Å²) in [4.78, 5) is 42.2. The van der Waals surface area contributed by atoms with E-state index in [1.165, 1.54) is 13.0 Å². The van der Waals surface area contributed by atoms with E-state index in [1.54, 1.807) is 11.0 Å². The van der Waals surface area contributed by atoms with E-state index in [2.05, 4.69) is 16.0 Å². The molecule has 10 heteroatoms. The summed E-state index contributed by atoms with van der Waals surface area (Å²) >= 11 is 0. The minimum absolute atomic E-state index is 0.0661. The van der Waals surface area contributed by atoms with Crippen molar-refractivity contribution >= 4 is 17.7 Å². The first-order chi connectivity index (χ1) is 23.0. The van der Waals surface area contributed by atoms with Crippen LogP contribution in [0.1, 0.15) is 62.3 Å². The standard InChI is InChI=1S/C38H48F2N4O4/c1-26(2)22-38(43-27(3)45)16-17-44(37(38)48)34(15-14-28-10-6-4-7-11-28)36(47)42-33(21-29-12-8-5-9-13-29)35(46)25-41-24-31-18-30(23-39)19-32(40)20-31/h4-13,18-20,26,33-35,41,46H,14-17,21-25H2,1-3H3,(H,42,47)(H,43,45)/t33-,34?,35+,38-/m0/s1.